The Morgan fingerprint density at radius 2 is 2.03 bits per heavy atom. The van der Waals surface area contributed by atoms with Crippen molar-refractivity contribution in [3.63, 3.8) is 0 Å². The minimum absolute atomic E-state index is 0.0470. The average Bonchev–Trinajstić information content (AvgIpc) is 3.55. The number of carbonyl (C=O) groups excluding carboxylic acids is 2. The van der Waals surface area contributed by atoms with Crippen LogP contribution in [0.15, 0.2) is 69.6 Å². The highest BCUT2D eigenvalue weighted by Crippen LogP contribution is 2.46. The zero-order valence-electron chi connectivity index (χ0n) is 19.7. The Kier molecular flexibility index (Phi) is 6.51. The highest BCUT2D eigenvalue weighted by molar-refractivity contribution is 6.04. The summed E-state index contributed by atoms with van der Waals surface area (Å²) >= 11 is 0. The maximum absolute atomic E-state index is 13.6. The summed E-state index contributed by atoms with van der Waals surface area (Å²) in [5.41, 5.74) is 0.835. The van der Waals surface area contributed by atoms with E-state index in [1.165, 1.54) is 18.4 Å². The number of rotatable bonds is 5. The molecule has 190 valence electrons. The molecule has 0 unspecified atom stereocenters. The van der Waals surface area contributed by atoms with Crippen molar-refractivity contribution in [3.8, 4) is 0 Å². The van der Waals surface area contributed by atoms with E-state index in [2.05, 4.69) is 5.32 Å². The highest BCUT2D eigenvalue weighted by atomic mass is 19.4. The van der Waals surface area contributed by atoms with Gasteiger partial charge in [0.1, 0.15) is 12.4 Å². The van der Waals surface area contributed by atoms with Crippen molar-refractivity contribution in [2.75, 3.05) is 13.2 Å². The molecular formula is C27H26F3NO5. The Morgan fingerprint density at radius 3 is 2.72 bits per heavy atom. The molecule has 1 aromatic heterocycles. The number of ether oxygens (including phenoxy) is 2. The number of allylic oxidation sites excluding steroid dienone is 3. The highest BCUT2D eigenvalue weighted by Gasteiger charge is 2.43. The van der Waals surface area contributed by atoms with Crippen molar-refractivity contribution in [1.82, 2.24) is 5.32 Å². The molecule has 3 aliphatic rings. The van der Waals surface area contributed by atoms with E-state index in [-0.39, 0.29) is 42.0 Å². The fraction of sp³-hybridized carbons (Fsp3) is 0.407. The smallest absolute Gasteiger partial charge is 0.416 e. The van der Waals surface area contributed by atoms with E-state index in [1.807, 2.05) is 0 Å². The number of ketones is 1. The van der Waals surface area contributed by atoms with Crippen molar-refractivity contribution in [2.45, 2.75) is 56.7 Å². The number of alkyl halides is 3. The summed E-state index contributed by atoms with van der Waals surface area (Å²) in [7, 11) is 0. The first-order valence-electron chi connectivity index (χ1n) is 12.0. The zero-order valence-corrected chi connectivity index (χ0v) is 19.7. The lowest BCUT2D eigenvalue weighted by Gasteiger charge is -2.36. The number of hydrogen-bond donors (Lipinski definition) is 1. The molecule has 3 heterocycles. The molecule has 5 rings (SSSR count). The van der Waals surface area contributed by atoms with E-state index in [4.69, 9.17) is 13.9 Å². The third-order valence-corrected chi connectivity index (χ3v) is 6.96. The second-order valence-corrected chi connectivity index (χ2v) is 9.39. The van der Waals surface area contributed by atoms with Gasteiger partial charge in [0.25, 0.3) is 0 Å². The molecule has 0 spiro atoms. The molecule has 2 aliphatic heterocycles. The summed E-state index contributed by atoms with van der Waals surface area (Å²) in [6, 6.07) is 8.34. The van der Waals surface area contributed by atoms with E-state index in [9.17, 15) is 22.8 Å². The van der Waals surface area contributed by atoms with Gasteiger partial charge >= 0.3 is 12.1 Å². The first-order chi connectivity index (χ1) is 17.2. The number of dihydropyridines is 1. The van der Waals surface area contributed by atoms with Crippen LogP contribution >= 0.6 is 0 Å². The van der Waals surface area contributed by atoms with E-state index in [0.717, 1.165) is 25.0 Å². The minimum Gasteiger partial charge on any atom is -0.469 e. The van der Waals surface area contributed by atoms with E-state index in [1.54, 1.807) is 19.1 Å². The lowest BCUT2D eigenvalue weighted by Crippen LogP contribution is -2.36. The van der Waals surface area contributed by atoms with Crippen molar-refractivity contribution in [1.29, 1.82) is 0 Å². The second-order valence-electron chi connectivity index (χ2n) is 9.39. The van der Waals surface area contributed by atoms with Gasteiger partial charge in [-0.25, -0.2) is 4.79 Å². The van der Waals surface area contributed by atoms with Crippen LogP contribution in [0.1, 0.15) is 61.3 Å². The molecule has 0 saturated carbocycles. The third kappa shape index (κ3) is 4.72. The summed E-state index contributed by atoms with van der Waals surface area (Å²) < 4.78 is 57.3. The van der Waals surface area contributed by atoms with Gasteiger partial charge in [-0.3, -0.25) is 4.79 Å². The maximum Gasteiger partial charge on any atom is 0.416 e. The van der Waals surface area contributed by atoms with Gasteiger partial charge in [0.15, 0.2) is 5.78 Å². The molecule has 0 amide bonds. The van der Waals surface area contributed by atoms with Crippen LogP contribution in [-0.4, -0.2) is 31.1 Å². The molecule has 0 bridgehead atoms. The quantitative estimate of drug-likeness (QED) is 0.555. The maximum atomic E-state index is 13.6. The normalized spacial score (nSPS) is 24.6. The number of carbonyl (C=O) groups is 2. The van der Waals surface area contributed by atoms with Gasteiger partial charge in [-0.2, -0.15) is 13.2 Å². The lowest BCUT2D eigenvalue weighted by molar-refractivity contribution is -0.142. The number of hydrogen-bond acceptors (Lipinski definition) is 6. The number of halogens is 3. The van der Waals surface area contributed by atoms with Crippen LogP contribution in [0.4, 0.5) is 13.2 Å². The van der Waals surface area contributed by atoms with E-state index >= 15 is 0 Å². The number of furan rings is 1. The third-order valence-electron chi connectivity index (χ3n) is 6.96. The topological polar surface area (TPSA) is 77.8 Å². The average molecular weight is 502 g/mol. The van der Waals surface area contributed by atoms with Crippen LogP contribution in [0.5, 0.6) is 0 Å². The van der Waals surface area contributed by atoms with Crippen LogP contribution in [0.2, 0.25) is 0 Å². The molecule has 3 atom stereocenters. The Morgan fingerprint density at radius 1 is 1.19 bits per heavy atom. The van der Waals surface area contributed by atoms with Gasteiger partial charge in [0, 0.05) is 41.8 Å². The molecule has 1 aliphatic carbocycles. The molecule has 1 saturated heterocycles. The van der Waals surface area contributed by atoms with Crippen molar-refractivity contribution in [3.05, 3.63) is 82.1 Å². The fourth-order valence-corrected chi connectivity index (χ4v) is 5.28. The summed E-state index contributed by atoms with van der Waals surface area (Å²) in [5.74, 6) is -1.45. The monoisotopic (exact) mass is 501 g/mol. The Bertz CT molecular complexity index is 1220. The number of esters is 1. The summed E-state index contributed by atoms with van der Waals surface area (Å²) in [6.45, 7) is 2.32. The zero-order chi connectivity index (χ0) is 25.4. The number of nitrogens with one attached hydrogen (secondary N) is 1. The van der Waals surface area contributed by atoms with E-state index < -0.39 is 23.6 Å². The molecule has 9 heteroatoms. The van der Waals surface area contributed by atoms with Crippen LogP contribution in [0, 0.1) is 0 Å². The molecule has 1 N–H and O–H groups in total. The minimum atomic E-state index is -4.57. The lowest BCUT2D eigenvalue weighted by atomic mass is 9.72. The molecule has 36 heavy (non-hydrogen) atoms. The van der Waals surface area contributed by atoms with Gasteiger partial charge in [0.2, 0.25) is 0 Å². The van der Waals surface area contributed by atoms with Gasteiger partial charge in [-0.05, 0) is 49.9 Å². The van der Waals surface area contributed by atoms with Gasteiger partial charge in [-0.1, -0.05) is 18.2 Å². The number of Topliss-reactive ketones (excluding diaryl/α,β-unsaturated/α-hetero) is 1. The Hall–Kier alpha value is -3.33. The SMILES string of the molecule is CC1=C(C(=O)OC[C@@H]2CCCO2)[C@H](c2cccc(C(F)(F)F)c2)C2=C(C[C@H](c3ccco3)CC2=O)N1. The van der Waals surface area contributed by atoms with Crippen molar-refractivity contribution < 1.29 is 36.7 Å². The fourth-order valence-electron chi connectivity index (χ4n) is 5.28. The largest absolute Gasteiger partial charge is 0.469 e. The summed E-state index contributed by atoms with van der Waals surface area (Å²) in [4.78, 5) is 26.8. The predicted octanol–water partition coefficient (Wildman–Crippen LogP) is 5.38. The second kappa shape index (κ2) is 9.61. The van der Waals surface area contributed by atoms with Gasteiger partial charge in [0.05, 0.1) is 23.5 Å². The molecular weight excluding hydrogens is 475 g/mol. The Labute approximate surface area is 206 Å². The van der Waals surface area contributed by atoms with Crippen LogP contribution in [-0.2, 0) is 25.2 Å². The Balaban J connectivity index is 1.54. The molecule has 0 radical (unpaired) electrons. The predicted molar refractivity (Wildman–Crippen MR) is 123 cm³/mol. The molecule has 2 aromatic rings. The van der Waals surface area contributed by atoms with Crippen LogP contribution < -0.4 is 5.32 Å². The van der Waals surface area contributed by atoms with Crippen LogP contribution in [0.25, 0.3) is 0 Å². The first-order valence-corrected chi connectivity index (χ1v) is 12.0. The standard InChI is InChI=1S/C27H26F3NO5/c1-15-23(26(33)36-14-19-7-3-9-34-19)24(16-5-2-6-18(11-16)27(28,29)30)25-20(31-15)12-17(13-21(25)32)22-8-4-10-35-22/h2,4-6,8,10-11,17,19,24,31H,3,7,9,12-14H2,1H3/t17-,19-,24-/m0/s1. The molecule has 6 nitrogen and oxygen atoms in total. The first kappa shape index (κ1) is 24.4. The van der Waals surface area contributed by atoms with Crippen molar-refractivity contribution in [2.24, 2.45) is 0 Å². The summed E-state index contributed by atoms with van der Waals surface area (Å²) in [6.07, 6.45) is -1.04. The molecule has 1 fully saturated rings. The summed E-state index contributed by atoms with van der Waals surface area (Å²) in [5, 5.41) is 3.19. The van der Waals surface area contributed by atoms with Gasteiger partial charge < -0.3 is 19.2 Å². The number of benzene rings is 1. The van der Waals surface area contributed by atoms with Gasteiger partial charge in [-0.15, -0.1) is 0 Å². The van der Waals surface area contributed by atoms with Crippen molar-refractivity contribution >= 4 is 11.8 Å². The van der Waals surface area contributed by atoms with E-state index in [0.29, 0.717) is 35.8 Å². The van der Waals surface area contributed by atoms with Crippen LogP contribution in [0.3, 0.4) is 0 Å². The molecule has 1 aromatic carbocycles.